The zero-order chi connectivity index (χ0) is 23.3. The van der Waals surface area contributed by atoms with E-state index in [1.54, 1.807) is 18.2 Å². The molecule has 0 heterocycles. The van der Waals surface area contributed by atoms with Gasteiger partial charge in [-0.2, -0.15) is 0 Å². The lowest BCUT2D eigenvalue weighted by Crippen LogP contribution is -2.25. The molecule has 186 valence electrons. The number of hydrogen-bond acceptors (Lipinski definition) is 4. The van der Waals surface area contributed by atoms with Crippen LogP contribution in [0, 0.1) is 5.92 Å². The van der Waals surface area contributed by atoms with E-state index < -0.39 is 6.10 Å². The van der Waals surface area contributed by atoms with Crippen LogP contribution >= 0.6 is 0 Å². The average molecular weight is 451 g/mol. The Morgan fingerprint density at radius 2 is 1.34 bits per heavy atom. The van der Waals surface area contributed by atoms with E-state index in [4.69, 9.17) is 9.47 Å². The molecule has 32 heavy (non-hydrogen) atoms. The van der Waals surface area contributed by atoms with Crippen molar-refractivity contribution in [1.82, 2.24) is 0 Å². The van der Waals surface area contributed by atoms with Gasteiger partial charge >= 0.3 is 0 Å². The molecule has 0 aliphatic carbocycles. The summed E-state index contributed by atoms with van der Waals surface area (Å²) in [4.78, 5) is 0. The van der Waals surface area contributed by atoms with Crippen molar-refractivity contribution < 1.29 is 19.7 Å². The summed E-state index contributed by atoms with van der Waals surface area (Å²) in [5, 5.41) is 19.5. The van der Waals surface area contributed by atoms with Gasteiger partial charge in [-0.1, -0.05) is 110 Å². The van der Waals surface area contributed by atoms with Crippen molar-refractivity contribution >= 4 is 0 Å². The Labute approximate surface area is 197 Å². The molecule has 2 atom stereocenters. The molecular weight excluding hydrogens is 400 g/mol. The van der Waals surface area contributed by atoms with Crippen molar-refractivity contribution in [1.29, 1.82) is 0 Å². The summed E-state index contributed by atoms with van der Waals surface area (Å²) in [5.74, 6) is 1.28. The van der Waals surface area contributed by atoms with Gasteiger partial charge in [-0.25, -0.2) is 0 Å². The van der Waals surface area contributed by atoms with Crippen LogP contribution in [0.5, 0.6) is 11.5 Å². The molecule has 0 saturated carbocycles. The topological polar surface area (TPSA) is 58.9 Å². The smallest absolute Gasteiger partial charge is 0.123 e. The summed E-state index contributed by atoms with van der Waals surface area (Å²) < 4.78 is 11.2. The number of rotatable bonds is 22. The van der Waals surface area contributed by atoms with E-state index >= 15 is 0 Å². The van der Waals surface area contributed by atoms with Crippen LogP contribution in [0.15, 0.2) is 24.3 Å². The first-order chi connectivity index (χ1) is 15.7. The number of benzene rings is 1. The van der Waals surface area contributed by atoms with Crippen LogP contribution in [-0.4, -0.2) is 36.1 Å². The molecule has 1 aromatic rings. The minimum atomic E-state index is -0.661. The van der Waals surface area contributed by atoms with Crippen molar-refractivity contribution in [3.8, 4) is 11.5 Å². The van der Waals surface area contributed by atoms with Gasteiger partial charge in [0, 0.05) is 12.7 Å². The number of unbranched alkanes of at least 4 members (excludes halogenated alkanes) is 12. The van der Waals surface area contributed by atoms with Crippen molar-refractivity contribution in [2.24, 2.45) is 5.92 Å². The molecule has 0 bridgehead atoms. The molecule has 0 fully saturated rings. The summed E-state index contributed by atoms with van der Waals surface area (Å²) in [6.45, 7) is 5.66. The standard InChI is InChI=1S/C28H50O4/c1-3-5-6-7-8-9-10-11-12-13-14-15-16-18-25(4-2)22-31-23-27(30)24-32-28-20-17-19-26(29)21-28/h17,19-21,25,27,29-30H,3-16,18,22-24H2,1-2H3. The van der Waals surface area contributed by atoms with Gasteiger partial charge < -0.3 is 19.7 Å². The molecule has 0 aliphatic heterocycles. The minimum Gasteiger partial charge on any atom is -0.508 e. The summed E-state index contributed by atoms with van der Waals surface area (Å²) >= 11 is 0. The highest BCUT2D eigenvalue weighted by Gasteiger charge is 2.10. The monoisotopic (exact) mass is 450 g/mol. The van der Waals surface area contributed by atoms with E-state index in [1.165, 1.54) is 96.0 Å². The molecule has 0 saturated heterocycles. The Hall–Kier alpha value is -1.26. The second-order valence-corrected chi connectivity index (χ2v) is 9.31. The predicted molar refractivity (Wildman–Crippen MR) is 135 cm³/mol. The summed E-state index contributed by atoms with van der Waals surface area (Å²) in [5.41, 5.74) is 0. The van der Waals surface area contributed by atoms with Crippen LogP contribution in [0.1, 0.15) is 110 Å². The quantitative estimate of drug-likeness (QED) is 0.178. The highest BCUT2D eigenvalue weighted by atomic mass is 16.5. The van der Waals surface area contributed by atoms with Crippen molar-refractivity contribution in [2.75, 3.05) is 19.8 Å². The number of aliphatic hydroxyl groups excluding tert-OH is 1. The first-order valence-electron chi connectivity index (χ1n) is 13.3. The second kappa shape index (κ2) is 20.4. The van der Waals surface area contributed by atoms with Crippen LogP contribution in [0.25, 0.3) is 0 Å². The normalized spacial score (nSPS) is 13.2. The molecule has 0 radical (unpaired) electrons. The van der Waals surface area contributed by atoms with E-state index in [-0.39, 0.29) is 19.0 Å². The van der Waals surface area contributed by atoms with Gasteiger partial charge in [-0.05, 0) is 24.5 Å². The van der Waals surface area contributed by atoms with Crippen LogP contribution in [0.4, 0.5) is 0 Å². The summed E-state index contributed by atoms with van der Waals surface area (Å²) in [7, 11) is 0. The van der Waals surface area contributed by atoms with Gasteiger partial charge in [-0.15, -0.1) is 0 Å². The molecule has 0 amide bonds. The third-order valence-electron chi connectivity index (χ3n) is 6.22. The van der Waals surface area contributed by atoms with Gasteiger partial charge in [0.25, 0.3) is 0 Å². The molecule has 2 unspecified atom stereocenters. The average Bonchev–Trinajstić information content (AvgIpc) is 2.79. The van der Waals surface area contributed by atoms with E-state index in [1.807, 2.05) is 0 Å². The Bertz CT molecular complexity index is 534. The molecule has 4 heteroatoms. The maximum atomic E-state index is 10.1. The van der Waals surface area contributed by atoms with E-state index in [0.29, 0.717) is 18.3 Å². The minimum absolute atomic E-state index is 0.159. The Kier molecular flexibility index (Phi) is 18.3. The highest BCUT2D eigenvalue weighted by Crippen LogP contribution is 2.19. The lowest BCUT2D eigenvalue weighted by atomic mass is 9.98. The number of aromatic hydroxyl groups is 1. The van der Waals surface area contributed by atoms with Crippen molar-refractivity contribution in [2.45, 2.75) is 116 Å². The maximum absolute atomic E-state index is 10.1. The molecule has 0 aromatic heterocycles. The molecule has 2 N–H and O–H groups in total. The fourth-order valence-corrected chi connectivity index (χ4v) is 4.04. The second-order valence-electron chi connectivity index (χ2n) is 9.31. The lowest BCUT2D eigenvalue weighted by Gasteiger charge is -2.17. The van der Waals surface area contributed by atoms with Gasteiger partial charge in [0.15, 0.2) is 0 Å². The third kappa shape index (κ3) is 16.4. The van der Waals surface area contributed by atoms with E-state index in [9.17, 15) is 10.2 Å². The number of ether oxygens (including phenoxy) is 2. The predicted octanol–water partition coefficient (Wildman–Crippen LogP) is 7.66. The van der Waals surface area contributed by atoms with Crippen LogP contribution in [0.3, 0.4) is 0 Å². The van der Waals surface area contributed by atoms with Crippen LogP contribution in [0.2, 0.25) is 0 Å². The van der Waals surface area contributed by atoms with E-state index in [2.05, 4.69) is 13.8 Å². The molecule has 4 nitrogen and oxygen atoms in total. The first-order valence-corrected chi connectivity index (χ1v) is 13.3. The number of phenols is 1. The Morgan fingerprint density at radius 1 is 0.750 bits per heavy atom. The Balaban J connectivity index is 1.92. The fourth-order valence-electron chi connectivity index (χ4n) is 4.04. The SMILES string of the molecule is CCCCCCCCCCCCCCCC(CC)COCC(O)COc1cccc(O)c1. The summed E-state index contributed by atoms with van der Waals surface area (Å²) in [6, 6.07) is 6.61. The number of phenolic OH excluding ortho intramolecular Hbond substituents is 1. The molecule has 1 rings (SSSR count). The maximum Gasteiger partial charge on any atom is 0.123 e. The molecular formula is C28H50O4. The molecule has 0 aliphatic rings. The lowest BCUT2D eigenvalue weighted by molar-refractivity contribution is -0.00116. The summed E-state index contributed by atoms with van der Waals surface area (Å²) in [6.07, 6.45) is 19.7. The van der Waals surface area contributed by atoms with Gasteiger partial charge in [0.1, 0.15) is 24.2 Å². The van der Waals surface area contributed by atoms with Gasteiger partial charge in [0.2, 0.25) is 0 Å². The van der Waals surface area contributed by atoms with Crippen LogP contribution in [-0.2, 0) is 4.74 Å². The third-order valence-corrected chi connectivity index (χ3v) is 6.22. The fraction of sp³-hybridized carbons (Fsp3) is 0.786. The zero-order valence-electron chi connectivity index (χ0n) is 20.9. The van der Waals surface area contributed by atoms with E-state index in [0.717, 1.165) is 6.42 Å². The molecule has 1 aromatic carbocycles. The Morgan fingerprint density at radius 3 is 1.91 bits per heavy atom. The first kappa shape index (κ1) is 28.8. The number of hydrogen-bond donors (Lipinski definition) is 2. The van der Waals surface area contributed by atoms with Gasteiger partial charge in [0.05, 0.1) is 6.61 Å². The van der Waals surface area contributed by atoms with Crippen molar-refractivity contribution in [3.63, 3.8) is 0 Å². The van der Waals surface area contributed by atoms with Crippen LogP contribution < -0.4 is 4.74 Å². The largest absolute Gasteiger partial charge is 0.508 e. The zero-order valence-corrected chi connectivity index (χ0v) is 20.9. The number of aliphatic hydroxyl groups is 1. The van der Waals surface area contributed by atoms with Gasteiger partial charge in [-0.3, -0.25) is 0 Å². The highest BCUT2D eigenvalue weighted by molar-refractivity contribution is 5.31. The molecule has 0 spiro atoms. The van der Waals surface area contributed by atoms with Crippen molar-refractivity contribution in [3.05, 3.63) is 24.3 Å².